The van der Waals surface area contributed by atoms with E-state index in [1.807, 2.05) is 17.8 Å². The van der Waals surface area contributed by atoms with Crippen molar-refractivity contribution in [1.82, 2.24) is 0 Å². The number of thioether (sulfide) groups is 1. The van der Waals surface area contributed by atoms with Crippen molar-refractivity contribution in [2.45, 2.75) is 29.9 Å². The topological polar surface area (TPSA) is 35.2 Å². The predicted octanol–water partition coefficient (Wildman–Crippen LogP) is 2.74. The predicted molar refractivity (Wildman–Crippen MR) is 69.6 cm³/mol. The molecule has 1 aliphatic heterocycles. The minimum Gasteiger partial charge on any atom is -0.379 e. The summed E-state index contributed by atoms with van der Waals surface area (Å²) >= 11 is 1.81. The fourth-order valence-corrected chi connectivity index (χ4v) is 3.29. The fraction of sp³-hybridized carbons (Fsp3) is 0.538. The molecule has 0 radical (unpaired) electrons. The van der Waals surface area contributed by atoms with Crippen LogP contribution in [0.1, 0.15) is 24.2 Å². The SMILES string of the molecule is CCC(N)C(SC1COC1)c1cccc(F)c1. The van der Waals surface area contributed by atoms with Crippen LogP contribution >= 0.6 is 11.8 Å². The Balaban J connectivity index is 2.13. The lowest BCUT2D eigenvalue weighted by atomic mass is 10.0. The Morgan fingerprint density at radius 2 is 2.29 bits per heavy atom. The van der Waals surface area contributed by atoms with Crippen molar-refractivity contribution in [2.24, 2.45) is 5.73 Å². The van der Waals surface area contributed by atoms with Crippen LogP contribution in [0.15, 0.2) is 24.3 Å². The highest BCUT2D eigenvalue weighted by Gasteiger charge is 2.27. The summed E-state index contributed by atoms with van der Waals surface area (Å²) in [5.74, 6) is -0.193. The number of halogens is 1. The second-order valence-electron chi connectivity index (χ2n) is 4.34. The first-order valence-electron chi connectivity index (χ1n) is 5.95. The van der Waals surface area contributed by atoms with Crippen LogP contribution in [-0.4, -0.2) is 24.5 Å². The molecular formula is C13H18FNOS. The van der Waals surface area contributed by atoms with Crippen molar-refractivity contribution in [2.75, 3.05) is 13.2 Å². The standard InChI is InChI=1S/C13H18FNOS/c1-2-12(15)13(17-11-7-16-8-11)9-4-3-5-10(14)6-9/h3-6,11-13H,2,7-8,15H2,1H3. The Bertz CT molecular complexity index is 370. The molecule has 2 unspecified atom stereocenters. The molecule has 0 saturated carbocycles. The van der Waals surface area contributed by atoms with Crippen LogP contribution < -0.4 is 5.73 Å². The zero-order valence-corrected chi connectivity index (χ0v) is 10.8. The normalized spacial score (nSPS) is 19.7. The van der Waals surface area contributed by atoms with Gasteiger partial charge in [0.25, 0.3) is 0 Å². The van der Waals surface area contributed by atoms with Crippen molar-refractivity contribution in [3.63, 3.8) is 0 Å². The van der Waals surface area contributed by atoms with Gasteiger partial charge in [-0.15, -0.1) is 11.8 Å². The van der Waals surface area contributed by atoms with E-state index < -0.39 is 0 Å². The van der Waals surface area contributed by atoms with Gasteiger partial charge in [0, 0.05) is 11.3 Å². The van der Waals surface area contributed by atoms with E-state index in [4.69, 9.17) is 10.5 Å². The lowest BCUT2D eigenvalue weighted by Crippen LogP contribution is -2.35. The molecule has 0 bridgehead atoms. The highest BCUT2D eigenvalue weighted by molar-refractivity contribution is 8.00. The average molecular weight is 255 g/mol. The number of hydrogen-bond donors (Lipinski definition) is 1. The van der Waals surface area contributed by atoms with Crippen LogP contribution in [0.5, 0.6) is 0 Å². The van der Waals surface area contributed by atoms with E-state index in [-0.39, 0.29) is 17.1 Å². The van der Waals surface area contributed by atoms with E-state index in [2.05, 4.69) is 6.92 Å². The molecule has 2 atom stereocenters. The first-order valence-corrected chi connectivity index (χ1v) is 6.89. The molecule has 1 aromatic carbocycles. The van der Waals surface area contributed by atoms with Gasteiger partial charge >= 0.3 is 0 Å². The lowest BCUT2D eigenvalue weighted by molar-refractivity contribution is 0.0452. The summed E-state index contributed by atoms with van der Waals surface area (Å²) in [5.41, 5.74) is 7.12. The Hall–Kier alpha value is -0.580. The van der Waals surface area contributed by atoms with Crippen LogP contribution in [0.4, 0.5) is 4.39 Å². The maximum Gasteiger partial charge on any atom is 0.123 e. The molecule has 4 heteroatoms. The number of rotatable bonds is 5. The largest absolute Gasteiger partial charge is 0.379 e. The molecular weight excluding hydrogens is 237 g/mol. The third-order valence-electron chi connectivity index (χ3n) is 2.98. The summed E-state index contributed by atoms with van der Waals surface area (Å²) in [6.45, 7) is 3.63. The molecule has 2 nitrogen and oxygen atoms in total. The Morgan fingerprint density at radius 1 is 1.53 bits per heavy atom. The number of ether oxygens (including phenoxy) is 1. The van der Waals surface area contributed by atoms with Crippen LogP contribution in [0.3, 0.4) is 0 Å². The van der Waals surface area contributed by atoms with E-state index in [0.29, 0.717) is 5.25 Å². The number of hydrogen-bond acceptors (Lipinski definition) is 3. The maximum atomic E-state index is 13.3. The first kappa shape index (κ1) is 12.9. The van der Waals surface area contributed by atoms with Gasteiger partial charge in [0.1, 0.15) is 5.82 Å². The molecule has 1 saturated heterocycles. The molecule has 2 N–H and O–H groups in total. The molecule has 2 rings (SSSR count). The Kier molecular flexibility index (Phi) is 4.42. The van der Waals surface area contributed by atoms with Gasteiger partial charge in [-0.1, -0.05) is 19.1 Å². The maximum absolute atomic E-state index is 13.3. The molecule has 0 spiro atoms. The van der Waals surface area contributed by atoms with Gasteiger partial charge < -0.3 is 10.5 Å². The molecule has 1 heterocycles. The highest BCUT2D eigenvalue weighted by atomic mass is 32.2. The van der Waals surface area contributed by atoms with Gasteiger partial charge in [-0.25, -0.2) is 4.39 Å². The molecule has 17 heavy (non-hydrogen) atoms. The molecule has 94 valence electrons. The molecule has 0 aromatic heterocycles. The van der Waals surface area contributed by atoms with Crippen molar-refractivity contribution >= 4 is 11.8 Å². The van der Waals surface area contributed by atoms with Crippen molar-refractivity contribution in [1.29, 1.82) is 0 Å². The number of benzene rings is 1. The Morgan fingerprint density at radius 3 is 2.82 bits per heavy atom. The zero-order valence-electron chi connectivity index (χ0n) is 9.93. The van der Waals surface area contributed by atoms with Crippen LogP contribution in [-0.2, 0) is 4.74 Å². The minimum absolute atomic E-state index is 0.0578. The molecule has 1 aromatic rings. The minimum atomic E-state index is -0.193. The first-order chi connectivity index (χ1) is 8.20. The Labute approximate surface area is 106 Å². The van der Waals surface area contributed by atoms with Crippen LogP contribution in [0.2, 0.25) is 0 Å². The second kappa shape index (κ2) is 5.85. The summed E-state index contributed by atoms with van der Waals surface area (Å²) in [6.07, 6.45) is 0.891. The zero-order chi connectivity index (χ0) is 12.3. The van der Waals surface area contributed by atoms with Gasteiger partial charge in [-0.3, -0.25) is 0 Å². The summed E-state index contributed by atoms with van der Waals surface area (Å²) in [7, 11) is 0. The van der Waals surface area contributed by atoms with E-state index in [0.717, 1.165) is 25.2 Å². The van der Waals surface area contributed by atoms with Gasteiger partial charge in [-0.05, 0) is 24.1 Å². The smallest absolute Gasteiger partial charge is 0.123 e. The van der Waals surface area contributed by atoms with Crippen molar-refractivity contribution in [3.05, 3.63) is 35.6 Å². The molecule has 0 aliphatic carbocycles. The summed E-state index contributed by atoms with van der Waals surface area (Å²) in [4.78, 5) is 0. The monoisotopic (exact) mass is 255 g/mol. The van der Waals surface area contributed by atoms with E-state index in [1.54, 1.807) is 12.1 Å². The van der Waals surface area contributed by atoms with Gasteiger partial charge in [0.2, 0.25) is 0 Å². The summed E-state index contributed by atoms with van der Waals surface area (Å²) in [6, 6.07) is 6.82. The third-order valence-corrected chi connectivity index (χ3v) is 4.56. The lowest BCUT2D eigenvalue weighted by Gasteiger charge is -2.32. The summed E-state index contributed by atoms with van der Waals surface area (Å²) < 4.78 is 18.4. The van der Waals surface area contributed by atoms with E-state index in [9.17, 15) is 4.39 Å². The third kappa shape index (κ3) is 3.21. The van der Waals surface area contributed by atoms with E-state index in [1.165, 1.54) is 6.07 Å². The molecule has 1 aliphatic rings. The van der Waals surface area contributed by atoms with Crippen molar-refractivity contribution < 1.29 is 9.13 Å². The van der Waals surface area contributed by atoms with E-state index >= 15 is 0 Å². The van der Waals surface area contributed by atoms with Gasteiger partial charge in [0.15, 0.2) is 0 Å². The molecule has 1 fully saturated rings. The second-order valence-corrected chi connectivity index (χ2v) is 5.79. The fourth-order valence-electron chi connectivity index (χ4n) is 1.82. The number of nitrogens with two attached hydrogens (primary N) is 1. The average Bonchev–Trinajstić information content (AvgIpc) is 2.27. The van der Waals surface area contributed by atoms with Gasteiger partial charge in [0.05, 0.1) is 18.5 Å². The van der Waals surface area contributed by atoms with Crippen LogP contribution in [0, 0.1) is 5.82 Å². The highest BCUT2D eigenvalue weighted by Crippen LogP contribution is 2.38. The van der Waals surface area contributed by atoms with Crippen LogP contribution in [0.25, 0.3) is 0 Å². The summed E-state index contributed by atoms with van der Waals surface area (Å²) in [5, 5.41) is 0.658. The molecule has 0 amide bonds. The quantitative estimate of drug-likeness (QED) is 0.878. The van der Waals surface area contributed by atoms with Crippen molar-refractivity contribution in [3.8, 4) is 0 Å². The van der Waals surface area contributed by atoms with Gasteiger partial charge in [-0.2, -0.15) is 0 Å².